The van der Waals surface area contributed by atoms with Gasteiger partial charge in [0.05, 0.1) is 0 Å². The van der Waals surface area contributed by atoms with Crippen molar-refractivity contribution in [1.82, 2.24) is 10.2 Å². The van der Waals surface area contributed by atoms with Crippen LogP contribution in [0.4, 0.5) is 0 Å². The molecule has 2 aromatic carbocycles. The van der Waals surface area contributed by atoms with Crippen molar-refractivity contribution in [1.29, 1.82) is 0 Å². The Morgan fingerprint density at radius 3 is 2.27 bits per heavy atom. The smallest absolute Gasteiger partial charge is 0.243 e. The van der Waals surface area contributed by atoms with Gasteiger partial charge >= 0.3 is 0 Å². The largest absolute Gasteiger partial charge is 0.354 e. The number of halogens is 1. The van der Waals surface area contributed by atoms with E-state index in [1.807, 2.05) is 61.5 Å². The van der Waals surface area contributed by atoms with E-state index >= 15 is 0 Å². The predicted molar refractivity (Wildman–Crippen MR) is 123 cm³/mol. The minimum absolute atomic E-state index is 0.00270. The summed E-state index contributed by atoms with van der Waals surface area (Å²) in [7, 11) is 0. The minimum Gasteiger partial charge on any atom is -0.354 e. The highest BCUT2D eigenvalue weighted by Crippen LogP contribution is 2.18. The molecule has 2 amide bonds. The predicted octanol–water partition coefficient (Wildman–Crippen LogP) is 5.39. The van der Waals surface area contributed by atoms with E-state index in [1.165, 1.54) is 0 Å². The van der Waals surface area contributed by atoms with Gasteiger partial charge < -0.3 is 10.2 Å². The molecule has 5 heteroatoms. The Morgan fingerprint density at radius 2 is 1.63 bits per heavy atom. The topological polar surface area (TPSA) is 49.4 Å². The molecule has 0 saturated heterocycles. The van der Waals surface area contributed by atoms with E-state index in [1.54, 1.807) is 4.90 Å². The van der Waals surface area contributed by atoms with Crippen LogP contribution in [-0.4, -0.2) is 29.3 Å². The zero-order valence-corrected chi connectivity index (χ0v) is 18.8. The van der Waals surface area contributed by atoms with Crippen LogP contribution < -0.4 is 5.32 Å². The summed E-state index contributed by atoms with van der Waals surface area (Å²) in [6.45, 7) is 5.14. The molecule has 2 aromatic rings. The minimum atomic E-state index is -0.552. The second-order valence-electron chi connectivity index (χ2n) is 7.60. The van der Waals surface area contributed by atoms with Gasteiger partial charge in [0, 0.05) is 31.0 Å². The summed E-state index contributed by atoms with van der Waals surface area (Å²) in [6, 6.07) is 16.8. The van der Waals surface area contributed by atoms with Gasteiger partial charge in [-0.1, -0.05) is 80.8 Å². The molecule has 1 atom stereocenters. The monoisotopic (exact) mass is 428 g/mol. The normalized spacial score (nSPS) is 11.7. The quantitative estimate of drug-likeness (QED) is 0.461. The summed E-state index contributed by atoms with van der Waals surface area (Å²) in [5.74, 6) is -0.0922. The van der Waals surface area contributed by atoms with E-state index in [-0.39, 0.29) is 11.8 Å². The van der Waals surface area contributed by atoms with E-state index in [9.17, 15) is 9.59 Å². The number of nitrogens with zero attached hydrogens (tertiary/aromatic N) is 1. The SMILES string of the molecule is CCCCCNC(=O)[C@@H](Cc1ccccc1)N(Cc1ccc(Cl)cc1)C(=O)CCC. The molecule has 0 spiro atoms. The van der Waals surface area contributed by atoms with Gasteiger partial charge in [0.1, 0.15) is 6.04 Å². The lowest BCUT2D eigenvalue weighted by atomic mass is 10.0. The number of amides is 2. The number of hydrogen-bond donors (Lipinski definition) is 1. The summed E-state index contributed by atoms with van der Waals surface area (Å²) >= 11 is 6.02. The van der Waals surface area contributed by atoms with Crippen LogP contribution in [0, 0.1) is 0 Å². The maximum absolute atomic E-state index is 13.2. The Labute approximate surface area is 185 Å². The van der Waals surface area contributed by atoms with E-state index < -0.39 is 6.04 Å². The molecule has 0 saturated carbocycles. The van der Waals surface area contributed by atoms with E-state index in [4.69, 9.17) is 11.6 Å². The molecule has 0 radical (unpaired) electrons. The lowest BCUT2D eigenvalue weighted by molar-refractivity contribution is -0.141. The second kappa shape index (κ2) is 13.1. The van der Waals surface area contributed by atoms with E-state index in [0.717, 1.165) is 36.8 Å². The van der Waals surface area contributed by atoms with Crippen LogP contribution in [0.1, 0.15) is 57.1 Å². The number of rotatable bonds is 12. The molecule has 0 fully saturated rings. The Morgan fingerprint density at radius 1 is 0.933 bits per heavy atom. The fourth-order valence-corrected chi connectivity index (χ4v) is 3.53. The van der Waals surface area contributed by atoms with Crippen LogP contribution in [0.15, 0.2) is 54.6 Å². The van der Waals surface area contributed by atoms with Crippen molar-refractivity contribution in [2.45, 2.75) is 65.0 Å². The molecule has 0 bridgehead atoms. The van der Waals surface area contributed by atoms with Crippen molar-refractivity contribution in [2.24, 2.45) is 0 Å². The van der Waals surface area contributed by atoms with Gasteiger partial charge in [-0.3, -0.25) is 9.59 Å². The average Bonchev–Trinajstić information content (AvgIpc) is 2.75. The number of carbonyl (C=O) groups is 2. The first-order valence-corrected chi connectivity index (χ1v) is 11.3. The molecule has 0 aliphatic carbocycles. The summed E-state index contributed by atoms with van der Waals surface area (Å²) < 4.78 is 0. The molecule has 30 heavy (non-hydrogen) atoms. The molecule has 0 aliphatic heterocycles. The fourth-order valence-electron chi connectivity index (χ4n) is 3.40. The van der Waals surface area contributed by atoms with Crippen LogP contribution in [0.25, 0.3) is 0 Å². The lowest BCUT2D eigenvalue weighted by Crippen LogP contribution is -2.50. The molecule has 0 aromatic heterocycles. The third kappa shape index (κ3) is 7.83. The highest BCUT2D eigenvalue weighted by atomic mass is 35.5. The first-order valence-electron chi connectivity index (χ1n) is 10.9. The van der Waals surface area contributed by atoms with Crippen molar-refractivity contribution in [3.8, 4) is 0 Å². The van der Waals surface area contributed by atoms with Crippen molar-refractivity contribution in [2.75, 3.05) is 6.54 Å². The van der Waals surface area contributed by atoms with Gasteiger partial charge in [0.15, 0.2) is 0 Å². The van der Waals surface area contributed by atoms with Gasteiger partial charge in [0.2, 0.25) is 11.8 Å². The fraction of sp³-hybridized carbons (Fsp3) is 0.440. The van der Waals surface area contributed by atoms with Gasteiger partial charge in [-0.15, -0.1) is 0 Å². The van der Waals surface area contributed by atoms with Crippen molar-refractivity contribution in [3.63, 3.8) is 0 Å². The van der Waals surface area contributed by atoms with Gasteiger partial charge in [0.25, 0.3) is 0 Å². The highest BCUT2D eigenvalue weighted by molar-refractivity contribution is 6.30. The van der Waals surface area contributed by atoms with E-state index in [0.29, 0.717) is 31.0 Å². The summed E-state index contributed by atoms with van der Waals surface area (Å²) in [5.41, 5.74) is 2.00. The summed E-state index contributed by atoms with van der Waals surface area (Å²) in [6.07, 6.45) is 4.77. The van der Waals surface area contributed by atoms with Crippen LogP contribution >= 0.6 is 11.6 Å². The van der Waals surface area contributed by atoms with Gasteiger partial charge in [-0.05, 0) is 36.1 Å². The van der Waals surface area contributed by atoms with Crippen LogP contribution in [0.2, 0.25) is 5.02 Å². The Balaban J connectivity index is 2.27. The molecular formula is C25H33ClN2O2. The number of unbranched alkanes of at least 4 members (excludes halogenated alkanes) is 2. The average molecular weight is 429 g/mol. The maximum atomic E-state index is 13.2. The van der Waals surface area contributed by atoms with Gasteiger partial charge in [-0.25, -0.2) is 0 Å². The van der Waals surface area contributed by atoms with Crippen LogP contribution in [0.5, 0.6) is 0 Å². The molecule has 0 heterocycles. The third-order valence-corrected chi connectivity index (χ3v) is 5.33. The van der Waals surface area contributed by atoms with Crippen molar-refractivity contribution >= 4 is 23.4 Å². The summed E-state index contributed by atoms with van der Waals surface area (Å²) in [4.78, 5) is 28.0. The van der Waals surface area contributed by atoms with Gasteiger partial charge in [-0.2, -0.15) is 0 Å². The standard InChI is InChI=1S/C25H33ClN2O2/c1-3-5-9-17-27-25(30)23(18-20-11-7-6-8-12-20)28(24(29)10-4-2)19-21-13-15-22(26)16-14-21/h6-8,11-16,23H,3-5,9-10,17-19H2,1-2H3,(H,27,30)/t23-/m1/s1. The van der Waals surface area contributed by atoms with Crippen molar-refractivity contribution in [3.05, 3.63) is 70.7 Å². The Kier molecular flexibility index (Phi) is 10.4. The molecule has 1 N–H and O–H groups in total. The maximum Gasteiger partial charge on any atom is 0.243 e. The molecule has 162 valence electrons. The number of hydrogen-bond acceptors (Lipinski definition) is 2. The Bertz CT molecular complexity index is 777. The zero-order chi connectivity index (χ0) is 21.8. The van der Waals surface area contributed by atoms with Crippen molar-refractivity contribution < 1.29 is 9.59 Å². The Hall–Kier alpha value is -2.33. The summed E-state index contributed by atoms with van der Waals surface area (Å²) in [5, 5.41) is 3.71. The molecule has 0 aliphatic rings. The molecule has 0 unspecified atom stereocenters. The molecule has 2 rings (SSSR count). The zero-order valence-electron chi connectivity index (χ0n) is 18.1. The van der Waals surface area contributed by atoms with E-state index in [2.05, 4.69) is 12.2 Å². The highest BCUT2D eigenvalue weighted by Gasteiger charge is 2.29. The van der Waals surface area contributed by atoms with Crippen LogP contribution in [-0.2, 0) is 22.6 Å². The second-order valence-corrected chi connectivity index (χ2v) is 8.04. The first kappa shape index (κ1) is 23.9. The number of benzene rings is 2. The molecular weight excluding hydrogens is 396 g/mol. The number of nitrogens with one attached hydrogen (secondary N) is 1. The first-order chi connectivity index (χ1) is 14.5. The van der Waals surface area contributed by atoms with Crippen LogP contribution in [0.3, 0.4) is 0 Å². The lowest BCUT2D eigenvalue weighted by Gasteiger charge is -2.31. The molecule has 4 nitrogen and oxygen atoms in total. The number of carbonyl (C=O) groups excluding carboxylic acids is 2. The third-order valence-electron chi connectivity index (χ3n) is 5.08.